The summed E-state index contributed by atoms with van der Waals surface area (Å²) in [6.45, 7) is 3.66. The number of para-hydroxylation sites is 1. The van der Waals surface area contributed by atoms with E-state index in [9.17, 15) is 4.39 Å². The van der Waals surface area contributed by atoms with Crippen LogP contribution in [0.1, 0.15) is 24.4 Å². The van der Waals surface area contributed by atoms with Gasteiger partial charge in [0, 0.05) is 13.6 Å². The summed E-state index contributed by atoms with van der Waals surface area (Å²) >= 11 is 1.67. The summed E-state index contributed by atoms with van der Waals surface area (Å²) in [5.74, 6) is 1.22. The highest BCUT2D eigenvalue weighted by Crippen LogP contribution is 2.29. The van der Waals surface area contributed by atoms with Crippen LogP contribution in [0.15, 0.2) is 41.1 Å². The van der Waals surface area contributed by atoms with Gasteiger partial charge in [0.2, 0.25) is 5.95 Å². The highest BCUT2D eigenvalue weighted by atomic mass is 32.1. The monoisotopic (exact) mass is 388 g/mol. The first-order valence-corrected chi connectivity index (χ1v) is 9.74. The minimum atomic E-state index is -0.388. The Morgan fingerprint density at radius 1 is 1.26 bits per heavy atom. The molecular formula is C19H21FN4O2S. The van der Waals surface area contributed by atoms with E-state index in [1.165, 1.54) is 11.6 Å². The van der Waals surface area contributed by atoms with Crippen molar-refractivity contribution in [1.29, 1.82) is 0 Å². The van der Waals surface area contributed by atoms with E-state index in [4.69, 9.17) is 9.47 Å². The van der Waals surface area contributed by atoms with Gasteiger partial charge < -0.3 is 14.4 Å². The van der Waals surface area contributed by atoms with E-state index in [0.29, 0.717) is 12.4 Å². The summed E-state index contributed by atoms with van der Waals surface area (Å²) < 4.78 is 27.3. The molecule has 4 rings (SSSR count). The van der Waals surface area contributed by atoms with Crippen molar-refractivity contribution in [2.24, 2.45) is 7.05 Å². The molecule has 1 fully saturated rings. The minimum Gasteiger partial charge on any atom is -0.483 e. The molecular weight excluding hydrogens is 367 g/mol. The summed E-state index contributed by atoms with van der Waals surface area (Å²) in [7, 11) is 1.90. The summed E-state index contributed by atoms with van der Waals surface area (Å²) in [6.07, 6.45) is 0.0910. The number of thiophene rings is 1. The summed E-state index contributed by atoms with van der Waals surface area (Å²) in [5, 5.41) is 12.7. The molecule has 1 aromatic carbocycles. The Morgan fingerprint density at radius 3 is 2.89 bits per heavy atom. The zero-order valence-electron chi connectivity index (χ0n) is 15.2. The van der Waals surface area contributed by atoms with Crippen LogP contribution in [0.25, 0.3) is 0 Å². The molecule has 142 valence electrons. The van der Waals surface area contributed by atoms with Crippen LogP contribution in [0.4, 0.5) is 10.3 Å². The largest absolute Gasteiger partial charge is 0.483 e. The van der Waals surface area contributed by atoms with Crippen molar-refractivity contribution < 1.29 is 13.9 Å². The van der Waals surface area contributed by atoms with Crippen molar-refractivity contribution in [3.63, 3.8) is 0 Å². The molecule has 1 aliphatic rings. The Morgan fingerprint density at radius 2 is 2.11 bits per heavy atom. The van der Waals surface area contributed by atoms with E-state index < -0.39 is 0 Å². The lowest BCUT2D eigenvalue weighted by molar-refractivity contribution is -0.0178. The van der Waals surface area contributed by atoms with Gasteiger partial charge in [-0.3, -0.25) is 4.57 Å². The fourth-order valence-corrected chi connectivity index (χ4v) is 3.92. The van der Waals surface area contributed by atoms with Gasteiger partial charge in [0.25, 0.3) is 0 Å². The van der Waals surface area contributed by atoms with Crippen molar-refractivity contribution >= 4 is 17.3 Å². The second-order valence-corrected chi connectivity index (χ2v) is 7.37. The number of hydrogen-bond donors (Lipinski definition) is 0. The Labute approximate surface area is 161 Å². The lowest BCUT2D eigenvalue weighted by Crippen LogP contribution is -2.44. The number of anilines is 1. The SMILES string of the molecule is CC1CN(c2nnc(COc3ccccc3F)n2C)CC(c2ccsc2)O1. The predicted octanol–water partition coefficient (Wildman–Crippen LogP) is 3.56. The first kappa shape index (κ1) is 17.9. The van der Waals surface area contributed by atoms with Crippen LogP contribution in [-0.4, -0.2) is 34.0 Å². The van der Waals surface area contributed by atoms with Crippen LogP contribution >= 0.6 is 11.3 Å². The molecule has 3 heterocycles. The van der Waals surface area contributed by atoms with E-state index in [1.807, 2.05) is 11.6 Å². The molecule has 27 heavy (non-hydrogen) atoms. The van der Waals surface area contributed by atoms with Gasteiger partial charge in [-0.2, -0.15) is 11.3 Å². The number of hydrogen-bond acceptors (Lipinski definition) is 6. The van der Waals surface area contributed by atoms with Crippen LogP contribution < -0.4 is 9.64 Å². The molecule has 8 heteroatoms. The predicted molar refractivity (Wildman–Crippen MR) is 102 cm³/mol. The maximum atomic E-state index is 13.7. The molecule has 2 unspecified atom stereocenters. The number of morpholine rings is 1. The average Bonchev–Trinajstić information content (AvgIpc) is 3.31. The highest BCUT2D eigenvalue weighted by Gasteiger charge is 2.29. The molecule has 0 N–H and O–H groups in total. The molecule has 0 radical (unpaired) electrons. The van der Waals surface area contributed by atoms with Crippen molar-refractivity contribution in [2.75, 3.05) is 18.0 Å². The summed E-state index contributed by atoms with van der Waals surface area (Å²) in [6, 6.07) is 8.43. The Bertz CT molecular complexity index is 899. The van der Waals surface area contributed by atoms with Crippen LogP contribution in [-0.2, 0) is 18.4 Å². The first-order valence-electron chi connectivity index (χ1n) is 8.80. The van der Waals surface area contributed by atoms with Crippen LogP contribution in [0.5, 0.6) is 5.75 Å². The van der Waals surface area contributed by atoms with Crippen molar-refractivity contribution in [1.82, 2.24) is 14.8 Å². The average molecular weight is 388 g/mol. The molecule has 0 saturated carbocycles. The summed E-state index contributed by atoms with van der Waals surface area (Å²) in [5.41, 5.74) is 1.18. The van der Waals surface area contributed by atoms with Gasteiger partial charge in [-0.15, -0.1) is 10.2 Å². The fraction of sp³-hybridized carbons (Fsp3) is 0.368. The molecule has 0 aliphatic carbocycles. The normalized spacial score (nSPS) is 20.0. The van der Waals surface area contributed by atoms with E-state index >= 15 is 0 Å². The molecule has 0 bridgehead atoms. The maximum absolute atomic E-state index is 13.7. The van der Waals surface area contributed by atoms with Crippen LogP contribution in [0, 0.1) is 5.82 Å². The van der Waals surface area contributed by atoms with Gasteiger partial charge in [-0.25, -0.2) is 4.39 Å². The molecule has 3 aromatic rings. The number of aromatic nitrogens is 3. The van der Waals surface area contributed by atoms with Gasteiger partial charge >= 0.3 is 0 Å². The van der Waals surface area contributed by atoms with Gasteiger partial charge in [0.1, 0.15) is 12.7 Å². The zero-order valence-corrected chi connectivity index (χ0v) is 16.0. The van der Waals surface area contributed by atoms with Crippen LogP contribution in [0.2, 0.25) is 0 Å². The smallest absolute Gasteiger partial charge is 0.227 e. The number of nitrogens with zero attached hydrogens (tertiary/aromatic N) is 4. The molecule has 0 amide bonds. The Hall–Kier alpha value is -2.45. The first-order chi connectivity index (χ1) is 13.1. The second-order valence-electron chi connectivity index (χ2n) is 6.59. The third kappa shape index (κ3) is 3.81. The third-order valence-electron chi connectivity index (χ3n) is 4.59. The molecule has 1 saturated heterocycles. The number of halogens is 1. The molecule has 2 aromatic heterocycles. The van der Waals surface area contributed by atoms with Crippen molar-refractivity contribution in [2.45, 2.75) is 25.7 Å². The number of ether oxygens (including phenoxy) is 2. The van der Waals surface area contributed by atoms with Crippen LogP contribution in [0.3, 0.4) is 0 Å². The quantitative estimate of drug-likeness (QED) is 0.669. The van der Waals surface area contributed by atoms with Gasteiger partial charge in [0.15, 0.2) is 17.4 Å². The third-order valence-corrected chi connectivity index (χ3v) is 5.30. The van der Waals surface area contributed by atoms with Gasteiger partial charge in [-0.05, 0) is 41.4 Å². The highest BCUT2D eigenvalue weighted by molar-refractivity contribution is 7.07. The van der Waals surface area contributed by atoms with E-state index in [0.717, 1.165) is 12.5 Å². The van der Waals surface area contributed by atoms with Crippen molar-refractivity contribution in [3.05, 3.63) is 58.3 Å². The van der Waals surface area contributed by atoms with E-state index in [-0.39, 0.29) is 30.4 Å². The van der Waals surface area contributed by atoms with E-state index in [1.54, 1.807) is 29.5 Å². The second kappa shape index (κ2) is 7.66. The minimum absolute atomic E-state index is 0.00909. The maximum Gasteiger partial charge on any atom is 0.227 e. The van der Waals surface area contributed by atoms with Gasteiger partial charge in [0.05, 0.1) is 12.6 Å². The zero-order chi connectivity index (χ0) is 18.8. The lowest BCUT2D eigenvalue weighted by atomic mass is 10.1. The number of rotatable bonds is 5. The fourth-order valence-electron chi connectivity index (χ4n) is 3.21. The molecule has 2 atom stereocenters. The molecule has 6 nitrogen and oxygen atoms in total. The Balaban J connectivity index is 1.48. The van der Waals surface area contributed by atoms with E-state index in [2.05, 4.69) is 38.8 Å². The van der Waals surface area contributed by atoms with Gasteiger partial charge in [-0.1, -0.05) is 12.1 Å². The number of benzene rings is 1. The van der Waals surface area contributed by atoms with Crippen molar-refractivity contribution in [3.8, 4) is 5.75 Å². The topological polar surface area (TPSA) is 52.4 Å². The standard InChI is InChI=1S/C19H21FN4O2S/c1-13-9-24(10-17(26-13)14-7-8-27-12-14)19-22-21-18(23(19)2)11-25-16-6-4-3-5-15(16)20/h3-8,12-13,17H,9-11H2,1-2H3. The molecule has 1 aliphatic heterocycles. The Kier molecular flexibility index (Phi) is 5.09. The summed E-state index contributed by atoms with van der Waals surface area (Å²) in [4.78, 5) is 2.18. The lowest BCUT2D eigenvalue weighted by Gasteiger charge is -2.36. The molecule has 0 spiro atoms.